The molecule has 1 amide bonds. The van der Waals surface area contributed by atoms with Crippen LogP contribution in [0.5, 0.6) is 0 Å². The Kier molecular flexibility index (Phi) is 8.30. The Balaban J connectivity index is 1.60. The van der Waals surface area contributed by atoms with Gasteiger partial charge in [0.25, 0.3) is 0 Å². The highest BCUT2D eigenvalue weighted by atomic mass is 32.2. The van der Waals surface area contributed by atoms with Gasteiger partial charge in [-0.1, -0.05) is 25.1 Å². The van der Waals surface area contributed by atoms with Crippen LogP contribution < -0.4 is 0 Å². The van der Waals surface area contributed by atoms with E-state index in [1.165, 1.54) is 4.90 Å². The summed E-state index contributed by atoms with van der Waals surface area (Å²) in [4.78, 5) is 26.8. The topological polar surface area (TPSA) is 91.8 Å². The molecule has 2 fully saturated rings. The van der Waals surface area contributed by atoms with Crippen LogP contribution in [0.15, 0.2) is 47.4 Å². The number of hydrogen-bond acceptors (Lipinski definition) is 4. The number of nitrogens with zero attached hydrogens (tertiary/aromatic N) is 1. The van der Waals surface area contributed by atoms with Crippen molar-refractivity contribution in [1.82, 2.24) is 4.90 Å². The maximum atomic E-state index is 15.0. The van der Waals surface area contributed by atoms with Crippen LogP contribution in [0.1, 0.15) is 68.6 Å². The van der Waals surface area contributed by atoms with Crippen LogP contribution >= 0.6 is 0 Å². The Morgan fingerprint density at radius 3 is 2.02 bits per heavy atom. The molecule has 1 aliphatic heterocycles. The first kappa shape index (κ1) is 34.1. The van der Waals surface area contributed by atoms with E-state index in [1.807, 2.05) is 0 Å². The van der Waals surface area contributed by atoms with Gasteiger partial charge in [0.05, 0.1) is 16.4 Å². The molecule has 0 aromatic heterocycles. The quantitative estimate of drug-likeness (QED) is 0.262. The lowest BCUT2D eigenvalue weighted by molar-refractivity contribution is -0.348. The van der Waals surface area contributed by atoms with Crippen molar-refractivity contribution in [3.63, 3.8) is 0 Å². The van der Waals surface area contributed by atoms with Gasteiger partial charge in [-0.2, -0.15) is 26.3 Å². The van der Waals surface area contributed by atoms with E-state index >= 15 is 4.39 Å². The second-order valence-electron chi connectivity index (χ2n) is 12.4. The van der Waals surface area contributed by atoms with Gasteiger partial charge in [-0.05, 0) is 86.8 Å². The first-order valence-corrected chi connectivity index (χ1v) is 16.3. The van der Waals surface area contributed by atoms with E-state index in [0.29, 0.717) is 12.5 Å². The van der Waals surface area contributed by atoms with Gasteiger partial charge in [-0.25, -0.2) is 17.2 Å². The Labute approximate surface area is 259 Å². The molecular weight excluding hydrogens is 650 g/mol. The molecule has 252 valence electrons. The van der Waals surface area contributed by atoms with Gasteiger partial charge >= 0.3 is 24.0 Å². The molecule has 15 heteroatoms. The minimum absolute atomic E-state index is 0.127. The zero-order valence-electron chi connectivity index (χ0n) is 24.5. The van der Waals surface area contributed by atoms with Crippen LogP contribution in [0.4, 0.5) is 35.1 Å². The van der Waals surface area contributed by atoms with Gasteiger partial charge in [0, 0.05) is 18.0 Å². The molecule has 46 heavy (non-hydrogen) atoms. The van der Waals surface area contributed by atoms with E-state index in [-0.39, 0.29) is 73.6 Å². The summed E-state index contributed by atoms with van der Waals surface area (Å²) in [6.45, 7) is 1.62. The maximum Gasteiger partial charge on any atom is 0.435 e. The van der Waals surface area contributed by atoms with Crippen LogP contribution in [0, 0.1) is 17.2 Å². The number of rotatable bonds is 6. The second kappa shape index (κ2) is 11.2. The molecule has 2 aromatic rings. The lowest BCUT2D eigenvalue weighted by Crippen LogP contribution is -2.54. The summed E-state index contributed by atoms with van der Waals surface area (Å²) < 4.78 is 137. The molecule has 0 unspecified atom stereocenters. The van der Waals surface area contributed by atoms with Crippen molar-refractivity contribution in [3.8, 4) is 0 Å². The van der Waals surface area contributed by atoms with Crippen molar-refractivity contribution in [1.29, 1.82) is 0 Å². The fraction of sp³-hybridized carbons (Fsp3) is 0.548. The van der Waals surface area contributed by atoms with Crippen LogP contribution in [-0.4, -0.2) is 55.2 Å². The van der Waals surface area contributed by atoms with E-state index in [4.69, 9.17) is 0 Å². The molecule has 1 heterocycles. The van der Waals surface area contributed by atoms with Crippen LogP contribution in [0.25, 0.3) is 0 Å². The van der Waals surface area contributed by atoms with Crippen molar-refractivity contribution in [3.05, 3.63) is 65.0 Å². The first-order valence-electron chi connectivity index (χ1n) is 14.8. The number of carbonyl (C=O) groups is 2. The number of amides is 1. The number of sulfone groups is 1. The smallest absolute Gasteiger partial charge is 0.435 e. The lowest BCUT2D eigenvalue weighted by Gasteiger charge is -2.44. The van der Waals surface area contributed by atoms with E-state index in [9.17, 15) is 53.8 Å². The fourth-order valence-electron chi connectivity index (χ4n) is 7.69. The average Bonchev–Trinajstić information content (AvgIpc) is 3.41. The number of benzene rings is 2. The van der Waals surface area contributed by atoms with Gasteiger partial charge < -0.3 is 10.0 Å². The van der Waals surface area contributed by atoms with Crippen LogP contribution in [0.3, 0.4) is 0 Å². The summed E-state index contributed by atoms with van der Waals surface area (Å²) in [5, 5.41) is 9.75. The summed E-state index contributed by atoms with van der Waals surface area (Å²) in [5.74, 6) is -2.78. The lowest BCUT2D eigenvalue weighted by atomic mass is 9.68. The van der Waals surface area contributed by atoms with Gasteiger partial charge in [0.2, 0.25) is 5.91 Å². The molecule has 2 aromatic carbocycles. The molecule has 0 radical (unpaired) electrons. The van der Waals surface area contributed by atoms with Gasteiger partial charge in [0.1, 0.15) is 10.6 Å². The van der Waals surface area contributed by atoms with E-state index < -0.39 is 73.2 Å². The number of likely N-dealkylation sites (tertiary alicyclic amines) is 1. The zero-order valence-corrected chi connectivity index (χ0v) is 25.3. The molecule has 5 rings (SSSR count). The van der Waals surface area contributed by atoms with Gasteiger partial charge in [0.15, 0.2) is 9.84 Å². The summed E-state index contributed by atoms with van der Waals surface area (Å²) in [7, 11) is -4.60. The predicted molar refractivity (Wildman–Crippen MR) is 147 cm³/mol. The molecule has 2 atom stereocenters. The second-order valence-corrected chi connectivity index (χ2v) is 14.6. The number of carboxylic acids is 1. The monoisotopic (exact) mass is 681 g/mol. The third-order valence-electron chi connectivity index (χ3n) is 10.4. The fourth-order valence-corrected chi connectivity index (χ4v) is 10.1. The van der Waals surface area contributed by atoms with Crippen molar-refractivity contribution >= 4 is 21.7 Å². The number of aryl methyl sites for hydroxylation is 1. The molecule has 0 bridgehead atoms. The summed E-state index contributed by atoms with van der Waals surface area (Å²) in [5.41, 5.74) is -8.85. The Hall–Kier alpha value is -3.23. The van der Waals surface area contributed by atoms with Gasteiger partial charge in [-0.3, -0.25) is 9.59 Å². The van der Waals surface area contributed by atoms with Crippen molar-refractivity contribution in [2.24, 2.45) is 11.3 Å². The highest BCUT2D eigenvalue weighted by Crippen LogP contribution is 2.57. The van der Waals surface area contributed by atoms with Crippen molar-refractivity contribution in [2.45, 2.75) is 92.0 Å². The van der Waals surface area contributed by atoms with E-state index in [0.717, 1.165) is 30.3 Å². The van der Waals surface area contributed by atoms with E-state index in [1.54, 1.807) is 6.92 Å². The molecule has 3 aliphatic rings. The summed E-state index contributed by atoms with van der Waals surface area (Å²) in [6, 6.07) is 4.09. The third-order valence-corrected chi connectivity index (χ3v) is 12.9. The van der Waals surface area contributed by atoms with Crippen molar-refractivity contribution in [2.75, 3.05) is 6.54 Å². The number of halogens is 8. The average molecular weight is 682 g/mol. The molecule has 1 saturated heterocycles. The number of carbonyl (C=O) groups excluding carboxylic acids is 1. The van der Waals surface area contributed by atoms with Crippen LogP contribution in [0.2, 0.25) is 0 Å². The zero-order chi connectivity index (χ0) is 34.1. The first-order chi connectivity index (χ1) is 21.3. The molecular formula is C31H31F8NO5S. The van der Waals surface area contributed by atoms with Crippen molar-refractivity contribution < 1.29 is 58.2 Å². The molecule has 2 aliphatic carbocycles. The Morgan fingerprint density at radius 1 is 0.913 bits per heavy atom. The molecule has 1 saturated carbocycles. The summed E-state index contributed by atoms with van der Waals surface area (Å²) in [6.07, 6.45) is -12.2. The Morgan fingerprint density at radius 2 is 1.50 bits per heavy atom. The molecule has 0 spiro atoms. The molecule has 1 N–H and O–H groups in total. The van der Waals surface area contributed by atoms with Gasteiger partial charge in [-0.15, -0.1) is 0 Å². The number of alkyl halides is 7. The maximum absolute atomic E-state index is 15.0. The standard InChI is InChI=1S/C31H31F8NO5S/c1-2-27(26(42)43)13-11-18(12-14-27)25(41)40-16-15-28(46(44,45)22-7-5-21(32)6-8-22)23-9-4-20(17-19(23)3-10-24(28)40)29(33,30(34,35)36)31(37,38)39/h4-9,17-18,24H,2-3,10-16H2,1H3,(H,42,43)/t18-,24-,27-,28-/m0/s1. The highest BCUT2D eigenvalue weighted by molar-refractivity contribution is 7.92. The largest absolute Gasteiger partial charge is 0.481 e. The minimum atomic E-state index is -6.37. The SMILES string of the molecule is CC[C@]1(C(=O)O)CC[C@H](C(=O)N2CC[C@]3(S(=O)(=O)c4ccc(F)cc4)c4ccc(C(F)(C(F)(F)F)C(F)(F)F)cc4CC[C@H]23)CC1. The summed E-state index contributed by atoms with van der Waals surface area (Å²) >= 11 is 0. The number of carboxylic acid groups (broad SMARTS) is 1. The van der Waals surface area contributed by atoms with E-state index in [2.05, 4.69) is 0 Å². The van der Waals surface area contributed by atoms with Crippen LogP contribution in [-0.2, 0) is 36.3 Å². The number of aliphatic carboxylic acids is 1. The third kappa shape index (κ3) is 4.90. The Bertz CT molecular complexity index is 1620. The number of fused-ring (bicyclic) bond motifs is 3. The predicted octanol–water partition coefficient (Wildman–Crippen LogP) is 7.00. The minimum Gasteiger partial charge on any atom is -0.481 e. The molecule has 6 nitrogen and oxygen atoms in total. The highest BCUT2D eigenvalue weighted by Gasteiger charge is 2.74. The normalized spacial score (nSPS) is 27.2. The number of hydrogen-bond donors (Lipinski definition) is 1.